The average molecular weight is 215 g/mol. The predicted octanol–water partition coefficient (Wildman–Crippen LogP) is 0.649. The van der Waals surface area contributed by atoms with Crippen LogP contribution in [0.2, 0.25) is 5.15 Å². The van der Waals surface area contributed by atoms with Crippen LogP contribution in [0.1, 0.15) is 12.8 Å². The minimum absolute atomic E-state index is 0.128. The lowest BCUT2D eigenvalue weighted by Crippen LogP contribution is -2.21. The van der Waals surface area contributed by atoms with Crippen molar-refractivity contribution in [3.05, 3.63) is 11.2 Å². The molecule has 0 unspecified atom stereocenters. The first kappa shape index (κ1) is 9.48. The van der Waals surface area contributed by atoms with Gasteiger partial charge in [0.15, 0.2) is 0 Å². The third-order valence-corrected chi connectivity index (χ3v) is 2.33. The van der Waals surface area contributed by atoms with Crippen molar-refractivity contribution in [1.29, 1.82) is 0 Å². The van der Waals surface area contributed by atoms with E-state index in [4.69, 9.17) is 17.3 Å². The Kier molecular flexibility index (Phi) is 2.20. The van der Waals surface area contributed by atoms with Crippen LogP contribution in [-0.4, -0.2) is 27.2 Å². The zero-order valence-electron chi connectivity index (χ0n) is 7.50. The van der Waals surface area contributed by atoms with Crippen LogP contribution >= 0.6 is 11.6 Å². The van der Waals surface area contributed by atoms with E-state index in [2.05, 4.69) is 15.3 Å². The Bertz CT molecular complexity index is 333. The predicted molar refractivity (Wildman–Crippen MR) is 54.1 cm³/mol. The Hall–Kier alpha value is -1.07. The third kappa shape index (κ3) is 2.24. The lowest BCUT2D eigenvalue weighted by atomic mass is 10.3. The summed E-state index contributed by atoms with van der Waals surface area (Å²) in [7, 11) is 0. The lowest BCUT2D eigenvalue weighted by Gasteiger charge is -2.09. The fourth-order valence-corrected chi connectivity index (χ4v) is 1.29. The number of anilines is 2. The monoisotopic (exact) mass is 214 g/mol. The second-order valence-electron chi connectivity index (χ2n) is 3.51. The molecule has 0 saturated heterocycles. The van der Waals surface area contributed by atoms with Gasteiger partial charge in [-0.3, -0.25) is 0 Å². The second-order valence-corrected chi connectivity index (χ2v) is 3.90. The highest BCUT2D eigenvalue weighted by Gasteiger charge is 2.39. The van der Waals surface area contributed by atoms with E-state index in [0.29, 0.717) is 17.5 Å². The van der Waals surface area contributed by atoms with E-state index in [0.717, 1.165) is 12.8 Å². The number of nitrogen functional groups attached to an aromatic ring is 1. The molecular weight excluding hydrogens is 204 g/mol. The van der Waals surface area contributed by atoms with Gasteiger partial charge >= 0.3 is 0 Å². The Morgan fingerprint density at radius 2 is 2.29 bits per heavy atom. The number of hydrogen-bond donors (Lipinski definition) is 3. The molecule has 0 atom stereocenters. The van der Waals surface area contributed by atoms with Crippen LogP contribution in [-0.2, 0) is 0 Å². The Morgan fingerprint density at radius 3 is 2.86 bits per heavy atom. The Labute approximate surface area is 86.3 Å². The van der Waals surface area contributed by atoms with Crippen molar-refractivity contribution in [2.24, 2.45) is 0 Å². The van der Waals surface area contributed by atoms with Crippen LogP contribution in [0.5, 0.6) is 0 Å². The summed E-state index contributed by atoms with van der Waals surface area (Å²) in [6.07, 6.45) is 1.66. The zero-order chi connectivity index (χ0) is 10.2. The van der Waals surface area contributed by atoms with Crippen molar-refractivity contribution >= 4 is 23.4 Å². The summed E-state index contributed by atoms with van der Waals surface area (Å²) in [5, 5.41) is 12.8. The average Bonchev–Trinajstić information content (AvgIpc) is 2.80. The van der Waals surface area contributed by atoms with Gasteiger partial charge in [-0.1, -0.05) is 11.6 Å². The van der Waals surface area contributed by atoms with E-state index in [1.165, 1.54) is 0 Å². The minimum atomic E-state index is -0.563. The molecule has 1 aromatic heterocycles. The molecule has 1 heterocycles. The van der Waals surface area contributed by atoms with Crippen LogP contribution in [0.3, 0.4) is 0 Å². The standard InChI is InChI=1S/C8H11ClN4O/c9-5-3-6(13-7(10)12-5)11-4-8(14)1-2-8/h3,14H,1-2,4H2,(H3,10,11,12,13). The summed E-state index contributed by atoms with van der Waals surface area (Å²) >= 11 is 5.68. The highest BCUT2D eigenvalue weighted by atomic mass is 35.5. The number of nitrogens with one attached hydrogen (secondary N) is 1. The normalized spacial score (nSPS) is 17.9. The summed E-state index contributed by atoms with van der Waals surface area (Å²) in [6.45, 7) is 0.472. The van der Waals surface area contributed by atoms with Gasteiger partial charge in [-0.25, -0.2) is 4.98 Å². The number of nitrogens with zero attached hydrogens (tertiary/aromatic N) is 2. The van der Waals surface area contributed by atoms with Gasteiger partial charge in [0.25, 0.3) is 0 Å². The number of rotatable bonds is 3. The molecule has 1 saturated carbocycles. The molecule has 0 aromatic carbocycles. The van der Waals surface area contributed by atoms with Crippen molar-refractivity contribution in [1.82, 2.24) is 9.97 Å². The van der Waals surface area contributed by atoms with Crippen LogP contribution in [0.15, 0.2) is 6.07 Å². The van der Waals surface area contributed by atoms with E-state index in [1.807, 2.05) is 0 Å². The van der Waals surface area contributed by atoms with E-state index >= 15 is 0 Å². The van der Waals surface area contributed by atoms with Gasteiger partial charge in [0, 0.05) is 12.6 Å². The number of aromatic nitrogens is 2. The lowest BCUT2D eigenvalue weighted by molar-refractivity contribution is 0.164. The zero-order valence-corrected chi connectivity index (χ0v) is 8.25. The smallest absolute Gasteiger partial charge is 0.223 e. The summed E-state index contributed by atoms with van der Waals surface area (Å²) in [5.74, 6) is 0.672. The van der Waals surface area contributed by atoms with Gasteiger partial charge in [0.1, 0.15) is 11.0 Å². The van der Waals surface area contributed by atoms with Crippen molar-refractivity contribution < 1.29 is 5.11 Å². The summed E-state index contributed by atoms with van der Waals surface area (Å²) in [6, 6.07) is 1.57. The van der Waals surface area contributed by atoms with Gasteiger partial charge in [-0.2, -0.15) is 4.98 Å². The molecule has 5 nitrogen and oxygen atoms in total. The molecule has 0 bridgehead atoms. The first-order valence-corrected chi connectivity index (χ1v) is 4.72. The van der Waals surface area contributed by atoms with Gasteiger partial charge in [-0.05, 0) is 12.8 Å². The van der Waals surface area contributed by atoms with Gasteiger partial charge < -0.3 is 16.2 Å². The van der Waals surface area contributed by atoms with E-state index < -0.39 is 5.60 Å². The molecule has 14 heavy (non-hydrogen) atoms. The van der Waals surface area contributed by atoms with Crippen LogP contribution in [0, 0.1) is 0 Å². The fourth-order valence-electron chi connectivity index (χ4n) is 1.10. The van der Waals surface area contributed by atoms with E-state index in [-0.39, 0.29) is 5.95 Å². The number of nitrogens with two attached hydrogens (primary N) is 1. The fraction of sp³-hybridized carbons (Fsp3) is 0.500. The second kappa shape index (κ2) is 3.25. The molecule has 2 rings (SSSR count). The van der Waals surface area contributed by atoms with Gasteiger partial charge in [-0.15, -0.1) is 0 Å². The van der Waals surface area contributed by atoms with Crippen LogP contribution in [0.25, 0.3) is 0 Å². The van der Waals surface area contributed by atoms with E-state index in [1.54, 1.807) is 6.07 Å². The van der Waals surface area contributed by atoms with Crippen molar-refractivity contribution in [3.63, 3.8) is 0 Å². The maximum absolute atomic E-state index is 9.56. The summed E-state index contributed by atoms with van der Waals surface area (Å²) in [5.41, 5.74) is 4.84. The Morgan fingerprint density at radius 1 is 1.57 bits per heavy atom. The molecule has 4 N–H and O–H groups in total. The molecular formula is C8H11ClN4O. The molecule has 0 aliphatic heterocycles. The topological polar surface area (TPSA) is 84.1 Å². The highest BCUT2D eigenvalue weighted by molar-refractivity contribution is 6.29. The van der Waals surface area contributed by atoms with E-state index in [9.17, 15) is 5.11 Å². The third-order valence-electron chi connectivity index (χ3n) is 2.14. The molecule has 1 fully saturated rings. The molecule has 1 aromatic rings. The molecule has 0 amide bonds. The van der Waals surface area contributed by atoms with Gasteiger partial charge in [0.2, 0.25) is 5.95 Å². The van der Waals surface area contributed by atoms with Crippen molar-refractivity contribution in [2.45, 2.75) is 18.4 Å². The molecule has 76 valence electrons. The minimum Gasteiger partial charge on any atom is -0.388 e. The number of hydrogen-bond acceptors (Lipinski definition) is 5. The molecule has 0 radical (unpaired) electrons. The first-order valence-electron chi connectivity index (χ1n) is 4.34. The summed E-state index contributed by atoms with van der Waals surface area (Å²) in [4.78, 5) is 7.65. The maximum atomic E-state index is 9.56. The van der Waals surface area contributed by atoms with Crippen molar-refractivity contribution in [3.8, 4) is 0 Å². The highest BCUT2D eigenvalue weighted by Crippen LogP contribution is 2.34. The molecule has 6 heteroatoms. The first-order chi connectivity index (χ1) is 6.57. The maximum Gasteiger partial charge on any atom is 0.223 e. The van der Waals surface area contributed by atoms with Crippen molar-refractivity contribution in [2.75, 3.05) is 17.6 Å². The number of aliphatic hydroxyl groups is 1. The van der Waals surface area contributed by atoms with Crippen LogP contribution in [0.4, 0.5) is 11.8 Å². The number of halogens is 1. The Balaban J connectivity index is 2.01. The van der Waals surface area contributed by atoms with Gasteiger partial charge in [0.05, 0.1) is 5.60 Å². The SMILES string of the molecule is Nc1nc(Cl)cc(NCC2(O)CC2)n1. The molecule has 1 aliphatic carbocycles. The van der Waals surface area contributed by atoms with Crippen LogP contribution < -0.4 is 11.1 Å². The quantitative estimate of drug-likeness (QED) is 0.644. The molecule has 1 aliphatic rings. The summed E-state index contributed by atoms with van der Waals surface area (Å²) < 4.78 is 0. The largest absolute Gasteiger partial charge is 0.388 e. The molecule has 0 spiro atoms.